The van der Waals surface area contributed by atoms with E-state index in [1.165, 1.54) is 21.1 Å². The second-order valence-electron chi connectivity index (χ2n) is 9.84. The van der Waals surface area contributed by atoms with Crippen molar-refractivity contribution in [2.75, 3.05) is 14.2 Å². The third-order valence-electron chi connectivity index (χ3n) is 7.03. The zero-order valence-electron chi connectivity index (χ0n) is 21.6. The molecule has 5 atom stereocenters. The van der Waals surface area contributed by atoms with Gasteiger partial charge in [-0.05, 0) is 50.2 Å². The number of fused-ring (bicyclic) bond motifs is 1. The van der Waals surface area contributed by atoms with E-state index < -0.39 is 41.4 Å². The highest BCUT2D eigenvalue weighted by Crippen LogP contribution is 2.45. The van der Waals surface area contributed by atoms with Crippen LogP contribution in [0.4, 0.5) is 0 Å². The fraction of sp³-hybridized carbons (Fsp3) is 0.692. The van der Waals surface area contributed by atoms with E-state index in [-0.39, 0.29) is 29.8 Å². The minimum absolute atomic E-state index is 0.0290. The summed E-state index contributed by atoms with van der Waals surface area (Å²) in [5, 5.41) is 0. The quantitative estimate of drug-likeness (QED) is 0.333. The molecule has 0 bridgehead atoms. The largest absolute Gasteiger partial charge is 0.490 e. The second-order valence-corrected chi connectivity index (χ2v) is 9.84. The monoisotopic (exact) mass is 478 g/mol. The lowest BCUT2D eigenvalue weighted by atomic mass is 9.71. The topological polar surface area (TPSA) is 105 Å². The van der Waals surface area contributed by atoms with E-state index in [1.807, 2.05) is 26.8 Å². The van der Waals surface area contributed by atoms with Gasteiger partial charge in [0.15, 0.2) is 0 Å². The zero-order chi connectivity index (χ0) is 25.8. The van der Waals surface area contributed by atoms with Crippen LogP contribution in [0, 0.1) is 23.7 Å². The summed E-state index contributed by atoms with van der Waals surface area (Å²) >= 11 is 0. The summed E-state index contributed by atoms with van der Waals surface area (Å²) in [6.45, 7) is 10.8. The first-order chi connectivity index (χ1) is 15.9. The molecule has 2 rings (SSSR count). The average Bonchev–Trinajstić information content (AvgIpc) is 2.77. The van der Waals surface area contributed by atoms with Crippen molar-refractivity contribution in [3.8, 4) is 0 Å². The number of rotatable bonds is 5. The van der Waals surface area contributed by atoms with Crippen LogP contribution in [0.3, 0.4) is 0 Å². The van der Waals surface area contributed by atoms with Crippen molar-refractivity contribution in [3.63, 3.8) is 0 Å². The maximum absolute atomic E-state index is 13.5. The number of hydrogen-bond donors (Lipinski definition) is 0. The van der Waals surface area contributed by atoms with Crippen molar-refractivity contribution in [2.24, 2.45) is 23.7 Å². The summed E-state index contributed by atoms with van der Waals surface area (Å²) in [5.41, 5.74) is 0.690. The Morgan fingerprint density at radius 2 is 1.88 bits per heavy atom. The molecule has 8 nitrogen and oxygen atoms in total. The van der Waals surface area contributed by atoms with Crippen LogP contribution in [0.1, 0.15) is 67.2 Å². The number of carbonyl (C=O) groups is 4. The lowest BCUT2D eigenvalue weighted by molar-refractivity contribution is -0.167. The van der Waals surface area contributed by atoms with Crippen LogP contribution in [0.2, 0.25) is 0 Å². The molecule has 0 aromatic rings. The van der Waals surface area contributed by atoms with Crippen LogP contribution in [0.5, 0.6) is 0 Å². The Balaban J connectivity index is 2.65. The van der Waals surface area contributed by atoms with Crippen molar-refractivity contribution < 1.29 is 38.1 Å². The predicted octanol–water partition coefficient (Wildman–Crippen LogP) is 3.92. The molecule has 0 spiro atoms. The molecule has 8 heteroatoms. The van der Waals surface area contributed by atoms with E-state index in [2.05, 4.69) is 0 Å². The van der Waals surface area contributed by atoms with Gasteiger partial charge in [-0.25, -0.2) is 4.79 Å². The fourth-order valence-electron chi connectivity index (χ4n) is 5.12. The van der Waals surface area contributed by atoms with Crippen molar-refractivity contribution in [1.29, 1.82) is 0 Å². The summed E-state index contributed by atoms with van der Waals surface area (Å²) in [6, 6.07) is 0. The molecule has 1 aliphatic heterocycles. The Morgan fingerprint density at radius 3 is 2.41 bits per heavy atom. The van der Waals surface area contributed by atoms with Crippen LogP contribution >= 0.6 is 0 Å². The van der Waals surface area contributed by atoms with Crippen molar-refractivity contribution in [3.05, 3.63) is 23.0 Å². The van der Waals surface area contributed by atoms with Crippen LogP contribution < -0.4 is 0 Å². The molecule has 34 heavy (non-hydrogen) atoms. The Morgan fingerprint density at radius 1 is 1.24 bits per heavy atom. The van der Waals surface area contributed by atoms with Crippen LogP contribution in [0.25, 0.3) is 0 Å². The van der Waals surface area contributed by atoms with Crippen LogP contribution in [-0.2, 0) is 38.1 Å². The van der Waals surface area contributed by atoms with Gasteiger partial charge in [-0.3, -0.25) is 14.4 Å². The van der Waals surface area contributed by atoms with Gasteiger partial charge in [0, 0.05) is 18.8 Å². The highest BCUT2D eigenvalue weighted by Gasteiger charge is 2.48. The molecule has 0 N–H and O–H groups in total. The highest BCUT2D eigenvalue weighted by atomic mass is 16.6. The molecule has 0 saturated carbocycles. The number of ether oxygens (including phenoxy) is 4. The Bertz CT molecular complexity index is 883. The maximum Gasteiger partial charge on any atom is 0.374 e. The number of methoxy groups -OCH3 is 2. The molecule has 1 aliphatic carbocycles. The van der Waals surface area contributed by atoms with E-state index in [1.54, 1.807) is 13.8 Å². The molecule has 0 saturated heterocycles. The zero-order valence-corrected chi connectivity index (χ0v) is 21.6. The molecule has 190 valence electrons. The average molecular weight is 479 g/mol. The number of Topliss-reactive ketones (excluding diaryl/α,β-unsaturated/α-hetero) is 1. The lowest BCUT2D eigenvalue weighted by Gasteiger charge is -2.43. The Kier molecular flexibility index (Phi) is 9.08. The molecular weight excluding hydrogens is 440 g/mol. The molecule has 2 aliphatic rings. The van der Waals surface area contributed by atoms with E-state index in [0.717, 1.165) is 5.57 Å². The molecule has 0 amide bonds. The third kappa shape index (κ3) is 5.88. The molecule has 0 radical (unpaired) electrons. The first-order valence-corrected chi connectivity index (χ1v) is 11.8. The molecule has 0 aromatic heterocycles. The van der Waals surface area contributed by atoms with Gasteiger partial charge in [-0.15, -0.1) is 0 Å². The minimum Gasteiger partial charge on any atom is -0.490 e. The number of esters is 3. The number of hydrogen-bond acceptors (Lipinski definition) is 8. The van der Waals surface area contributed by atoms with Crippen molar-refractivity contribution >= 4 is 23.7 Å². The summed E-state index contributed by atoms with van der Waals surface area (Å²) in [4.78, 5) is 50.4. The van der Waals surface area contributed by atoms with Crippen LogP contribution in [0.15, 0.2) is 23.0 Å². The van der Waals surface area contributed by atoms with Gasteiger partial charge in [0.25, 0.3) is 0 Å². The van der Waals surface area contributed by atoms with Gasteiger partial charge < -0.3 is 18.9 Å². The fourth-order valence-corrected chi connectivity index (χ4v) is 5.12. The second kappa shape index (κ2) is 11.2. The van der Waals surface area contributed by atoms with E-state index in [4.69, 9.17) is 18.9 Å². The lowest BCUT2D eigenvalue weighted by Crippen LogP contribution is -2.47. The summed E-state index contributed by atoms with van der Waals surface area (Å²) < 4.78 is 21.8. The molecular formula is C26H38O8. The van der Waals surface area contributed by atoms with E-state index >= 15 is 0 Å². The number of carbonyl (C=O) groups excluding carboxylic acids is 4. The van der Waals surface area contributed by atoms with Gasteiger partial charge in [-0.1, -0.05) is 26.8 Å². The Hall–Kier alpha value is -2.64. The third-order valence-corrected chi connectivity index (χ3v) is 7.03. The van der Waals surface area contributed by atoms with Gasteiger partial charge in [0.2, 0.25) is 5.76 Å². The van der Waals surface area contributed by atoms with E-state index in [9.17, 15) is 19.2 Å². The first-order valence-electron chi connectivity index (χ1n) is 11.8. The maximum atomic E-state index is 13.5. The molecule has 1 heterocycles. The first kappa shape index (κ1) is 27.6. The summed E-state index contributed by atoms with van der Waals surface area (Å²) in [7, 11) is 2.72. The highest BCUT2D eigenvalue weighted by molar-refractivity contribution is 5.89. The van der Waals surface area contributed by atoms with E-state index in [0.29, 0.717) is 24.8 Å². The molecule has 0 aromatic carbocycles. The van der Waals surface area contributed by atoms with Gasteiger partial charge in [0.05, 0.1) is 26.6 Å². The minimum atomic E-state index is -0.893. The molecule has 5 unspecified atom stereocenters. The van der Waals surface area contributed by atoms with Crippen molar-refractivity contribution in [1.82, 2.24) is 0 Å². The summed E-state index contributed by atoms with van der Waals surface area (Å²) in [6.07, 6.45) is 2.22. The van der Waals surface area contributed by atoms with Crippen LogP contribution in [-0.4, -0.2) is 49.6 Å². The van der Waals surface area contributed by atoms with Gasteiger partial charge >= 0.3 is 17.9 Å². The normalized spacial score (nSPS) is 30.6. The van der Waals surface area contributed by atoms with Crippen molar-refractivity contribution in [2.45, 2.75) is 78.9 Å². The predicted molar refractivity (Wildman–Crippen MR) is 124 cm³/mol. The number of ketones is 1. The SMILES string of the molecule is COC(=O)CC1C(=O)C(C)CCC2(C)OC(=O)C(OC)=C(C(C)C)C2CC=C(C)C1OC(C)=O. The smallest absolute Gasteiger partial charge is 0.374 e. The van der Waals surface area contributed by atoms with Gasteiger partial charge in [-0.2, -0.15) is 0 Å². The number of allylic oxidation sites excluding steroid dienone is 1. The Labute approximate surface area is 202 Å². The standard InChI is InChI=1S/C26H38O8/c1-14(2)21-19-10-9-16(4)23(33-17(5)27)18(13-20(28)31-7)22(29)15(3)11-12-26(19,6)34-25(30)24(21)32-8/h9,14-15,18-19,23H,10-13H2,1-8H3. The van der Waals surface area contributed by atoms with Gasteiger partial charge in [0.1, 0.15) is 17.5 Å². The summed E-state index contributed by atoms with van der Waals surface area (Å²) in [5.74, 6) is -3.03. The molecule has 0 fully saturated rings.